The number of hydrogen-bond donors (Lipinski definition) is 0. The zero-order valence-electron chi connectivity index (χ0n) is 10.8. The van der Waals surface area contributed by atoms with Crippen molar-refractivity contribution >= 4 is 12.1 Å². The van der Waals surface area contributed by atoms with Crippen LogP contribution in [0.3, 0.4) is 0 Å². The maximum Gasteiger partial charge on any atom is 0.0285 e. The van der Waals surface area contributed by atoms with Crippen molar-refractivity contribution in [1.29, 1.82) is 0 Å². The van der Waals surface area contributed by atoms with Crippen molar-refractivity contribution in [2.45, 2.75) is 26.3 Å². The summed E-state index contributed by atoms with van der Waals surface area (Å²) < 4.78 is 4.52. The van der Waals surface area contributed by atoms with E-state index in [0.717, 1.165) is 19.6 Å². The third-order valence-corrected chi connectivity index (χ3v) is 3.35. The fourth-order valence-electron chi connectivity index (χ4n) is 1.12. The molecule has 0 aliphatic heterocycles. The van der Waals surface area contributed by atoms with Crippen molar-refractivity contribution in [2.75, 3.05) is 19.6 Å². The number of nitrogens with zero attached hydrogens (tertiary/aromatic N) is 2. The summed E-state index contributed by atoms with van der Waals surface area (Å²) in [5.74, 6) is 0. The summed E-state index contributed by atoms with van der Waals surface area (Å²) in [6.07, 6.45) is 5.74. The minimum absolute atomic E-state index is 0.111. The van der Waals surface area contributed by atoms with E-state index in [1.54, 1.807) is 12.1 Å². The Morgan fingerprint density at radius 2 is 1.38 bits per heavy atom. The van der Waals surface area contributed by atoms with Gasteiger partial charge in [-0.15, -0.1) is 19.7 Å². The van der Waals surface area contributed by atoms with Gasteiger partial charge in [0.15, 0.2) is 0 Å². The predicted molar refractivity (Wildman–Crippen MR) is 76.2 cm³/mol. The van der Waals surface area contributed by atoms with Gasteiger partial charge in [0, 0.05) is 37.3 Å². The van der Waals surface area contributed by atoms with E-state index < -0.39 is 0 Å². The molecule has 2 nitrogen and oxygen atoms in total. The first-order chi connectivity index (χ1) is 7.45. The van der Waals surface area contributed by atoms with Crippen molar-refractivity contribution < 1.29 is 0 Å². The standard InChI is InChI=1S/C13H24N2S/c1-7-10-14(11-8-2)16-15(12-9-3)13(4,5)6/h7-9H,1-3,10-12H2,4-6H3. The van der Waals surface area contributed by atoms with E-state index in [1.165, 1.54) is 0 Å². The van der Waals surface area contributed by atoms with Crippen LogP contribution in [0.4, 0.5) is 0 Å². The first kappa shape index (κ1) is 15.5. The van der Waals surface area contributed by atoms with Gasteiger partial charge in [0.05, 0.1) is 0 Å². The fourth-order valence-corrected chi connectivity index (χ4v) is 2.16. The van der Waals surface area contributed by atoms with E-state index in [0.29, 0.717) is 0 Å². The molecular weight excluding hydrogens is 216 g/mol. The Balaban J connectivity index is 4.48. The molecule has 3 heteroatoms. The summed E-state index contributed by atoms with van der Waals surface area (Å²) in [6, 6.07) is 0. The molecule has 0 aromatic carbocycles. The molecule has 0 spiro atoms. The van der Waals surface area contributed by atoms with Gasteiger partial charge in [-0.05, 0) is 20.8 Å². The van der Waals surface area contributed by atoms with E-state index in [9.17, 15) is 0 Å². The van der Waals surface area contributed by atoms with Gasteiger partial charge >= 0.3 is 0 Å². The van der Waals surface area contributed by atoms with E-state index in [2.05, 4.69) is 49.1 Å². The molecule has 0 N–H and O–H groups in total. The van der Waals surface area contributed by atoms with Crippen molar-refractivity contribution in [2.24, 2.45) is 0 Å². The SMILES string of the molecule is C=CCN(CC=C)SN(CC=C)C(C)(C)C. The fraction of sp³-hybridized carbons (Fsp3) is 0.538. The van der Waals surface area contributed by atoms with Crippen LogP contribution in [0.15, 0.2) is 38.0 Å². The highest BCUT2D eigenvalue weighted by Crippen LogP contribution is 2.25. The Labute approximate surface area is 105 Å². The third kappa shape index (κ3) is 6.16. The summed E-state index contributed by atoms with van der Waals surface area (Å²) >= 11 is 1.72. The third-order valence-electron chi connectivity index (χ3n) is 1.92. The van der Waals surface area contributed by atoms with Crippen molar-refractivity contribution in [3.63, 3.8) is 0 Å². The van der Waals surface area contributed by atoms with Gasteiger partial charge < -0.3 is 0 Å². The molecule has 0 aromatic rings. The molecule has 0 aliphatic rings. The highest BCUT2D eigenvalue weighted by molar-refractivity contribution is 7.94. The Kier molecular flexibility index (Phi) is 7.47. The van der Waals surface area contributed by atoms with Crippen LogP contribution < -0.4 is 0 Å². The van der Waals surface area contributed by atoms with Crippen LogP contribution in [0.25, 0.3) is 0 Å². The molecule has 0 rings (SSSR count). The lowest BCUT2D eigenvalue weighted by atomic mass is 10.1. The second kappa shape index (κ2) is 7.71. The van der Waals surface area contributed by atoms with Crippen molar-refractivity contribution in [3.05, 3.63) is 38.0 Å². The minimum Gasteiger partial charge on any atom is -0.230 e. The summed E-state index contributed by atoms with van der Waals surface area (Å²) in [5.41, 5.74) is 0.111. The topological polar surface area (TPSA) is 6.48 Å². The number of rotatable bonds is 8. The summed E-state index contributed by atoms with van der Waals surface area (Å²) in [4.78, 5) is 0. The molecule has 0 unspecified atom stereocenters. The van der Waals surface area contributed by atoms with Gasteiger partial charge in [0.25, 0.3) is 0 Å². The second-order valence-electron chi connectivity index (χ2n) is 4.53. The first-order valence-corrected chi connectivity index (χ1v) is 6.22. The quantitative estimate of drug-likeness (QED) is 0.473. The van der Waals surface area contributed by atoms with Gasteiger partial charge in [-0.25, -0.2) is 8.61 Å². The van der Waals surface area contributed by atoms with Crippen LogP contribution in [0, 0.1) is 0 Å². The van der Waals surface area contributed by atoms with Crippen LogP contribution in [0.1, 0.15) is 20.8 Å². The normalized spacial score (nSPS) is 11.8. The van der Waals surface area contributed by atoms with E-state index in [4.69, 9.17) is 0 Å². The molecule has 0 saturated heterocycles. The summed E-state index contributed by atoms with van der Waals surface area (Å²) in [7, 11) is 0. The average Bonchev–Trinajstić information content (AvgIpc) is 2.16. The second-order valence-corrected chi connectivity index (χ2v) is 5.65. The Hall–Kier alpha value is -0.510. The molecule has 0 radical (unpaired) electrons. The van der Waals surface area contributed by atoms with Crippen molar-refractivity contribution in [3.8, 4) is 0 Å². The molecule has 92 valence electrons. The van der Waals surface area contributed by atoms with Crippen LogP contribution in [0.2, 0.25) is 0 Å². The molecule has 16 heavy (non-hydrogen) atoms. The zero-order valence-corrected chi connectivity index (χ0v) is 11.6. The van der Waals surface area contributed by atoms with E-state index in [1.807, 2.05) is 18.2 Å². The van der Waals surface area contributed by atoms with Gasteiger partial charge in [0.2, 0.25) is 0 Å². The van der Waals surface area contributed by atoms with E-state index >= 15 is 0 Å². The first-order valence-electron chi connectivity index (χ1n) is 5.49. The highest BCUT2D eigenvalue weighted by atomic mass is 32.2. The van der Waals surface area contributed by atoms with Crippen LogP contribution >= 0.6 is 12.1 Å². The van der Waals surface area contributed by atoms with E-state index in [-0.39, 0.29) is 5.54 Å². The van der Waals surface area contributed by atoms with Gasteiger partial charge in [-0.1, -0.05) is 18.2 Å². The smallest absolute Gasteiger partial charge is 0.0285 e. The maximum atomic E-state index is 3.80. The molecule has 0 bridgehead atoms. The Bertz CT molecular complexity index is 221. The maximum absolute atomic E-state index is 3.80. The molecule has 0 aromatic heterocycles. The van der Waals surface area contributed by atoms with Gasteiger partial charge in [0.1, 0.15) is 0 Å². The van der Waals surface area contributed by atoms with Crippen molar-refractivity contribution in [1.82, 2.24) is 8.61 Å². The summed E-state index contributed by atoms with van der Waals surface area (Å²) in [6.45, 7) is 20.5. The monoisotopic (exact) mass is 240 g/mol. The lowest BCUT2D eigenvalue weighted by molar-refractivity contribution is 0.285. The Morgan fingerprint density at radius 3 is 1.69 bits per heavy atom. The summed E-state index contributed by atoms with van der Waals surface area (Å²) in [5, 5.41) is 0. The number of hydrogen-bond acceptors (Lipinski definition) is 3. The molecular formula is C13H24N2S. The average molecular weight is 240 g/mol. The lowest BCUT2D eigenvalue weighted by Gasteiger charge is -2.36. The molecule has 0 heterocycles. The van der Waals surface area contributed by atoms with Gasteiger partial charge in [-0.2, -0.15) is 0 Å². The molecule has 0 atom stereocenters. The van der Waals surface area contributed by atoms with Gasteiger partial charge in [-0.3, -0.25) is 0 Å². The van der Waals surface area contributed by atoms with Crippen LogP contribution in [0.5, 0.6) is 0 Å². The molecule has 0 fully saturated rings. The van der Waals surface area contributed by atoms with Crippen LogP contribution in [-0.2, 0) is 0 Å². The zero-order chi connectivity index (χ0) is 12.6. The molecule has 0 aliphatic carbocycles. The lowest BCUT2D eigenvalue weighted by Crippen LogP contribution is -2.39. The molecule has 0 amide bonds. The minimum atomic E-state index is 0.111. The highest BCUT2D eigenvalue weighted by Gasteiger charge is 2.22. The Morgan fingerprint density at radius 1 is 0.938 bits per heavy atom. The predicted octanol–water partition coefficient (Wildman–Crippen LogP) is 3.51. The largest absolute Gasteiger partial charge is 0.230 e. The molecule has 0 saturated carbocycles. The van der Waals surface area contributed by atoms with Crippen LogP contribution in [-0.4, -0.2) is 33.8 Å².